The number of thioether (sulfide) groups is 1. The molecular formula is C13H26N2S. The monoisotopic (exact) mass is 242 g/mol. The molecule has 2 nitrogen and oxygen atoms in total. The molecule has 2 rings (SSSR count). The van der Waals surface area contributed by atoms with Crippen LogP contribution in [0.2, 0.25) is 0 Å². The molecule has 1 unspecified atom stereocenters. The van der Waals surface area contributed by atoms with Crippen LogP contribution < -0.4 is 5.32 Å². The molecule has 0 amide bonds. The van der Waals surface area contributed by atoms with Crippen molar-refractivity contribution in [1.82, 2.24) is 10.2 Å². The third kappa shape index (κ3) is 3.38. The smallest absolute Gasteiger partial charge is 0.00726 e. The highest BCUT2D eigenvalue weighted by Gasteiger charge is 2.34. The van der Waals surface area contributed by atoms with Crippen molar-refractivity contribution in [2.45, 2.75) is 32.6 Å². The van der Waals surface area contributed by atoms with Crippen LogP contribution >= 0.6 is 11.8 Å². The van der Waals surface area contributed by atoms with E-state index in [1.165, 1.54) is 69.9 Å². The molecule has 94 valence electrons. The van der Waals surface area contributed by atoms with Gasteiger partial charge in [0, 0.05) is 25.4 Å². The highest BCUT2D eigenvalue weighted by atomic mass is 32.2. The zero-order valence-corrected chi connectivity index (χ0v) is 11.5. The van der Waals surface area contributed by atoms with Gasteiger partial charge < -0.3 is 10.2 Å². The second-order valence-electron chi connectivity index (χ2n) is 5.42. The van der Waals surface area contributed by atoms with Crippen LogP contribution in [0, 0.1) is 5.41 Å². The van der Waals surface area contributed by atoms with E-state index >= 15 is 0 Å². The van der Waals surface area contributed by atoms with Gasteiger partial charge in [-0.05, 0) is 43.5 Å². The van der Waals surface area contributed by atoms with Gasteiger partial charge in [-0.1, -0.05) is 13.3 Å². The van der Waals surface area contributed by atoms with Crippen molar-refractivity contribution in [2.24, 2.45) is 5.41 Å². The topological polar surface area (TPSA) is 15.3 Å². The lowest BCUT2D eigenvalue weighted by Gasteiger charge is -2.34. The number of nitrogens with one attached hydrogen (secondary N) is 1. The molecular weight excluding hydrogens is 216 g/mol. The van der Waals surface area contributed by atoms with Crippen molar-refractivity contribution < 1.29 is 0 Å². The van der Waals surface area contributed by atoms with Gasteiger partial charge in [0.25, 0.3) is 0 Å². The van der Waals surface area contributed by atoms with Crippen molar-refractivity contribution in [2.75, 3.05) is 44.2 Å². The van der Waals surface area contributed by atoms with Gasteiger partial charge >= 0.3 is 0 Å². The maximum atomic E-state index is 3.57. The molecule has 0 spiro atoms. The van der Waals surface area contributed by atoms with E-state index in [4.69, 9.17) is 0 Å². The number of rotatable bonds is 4. The van der Waals surface area contributed by atoms with Gasteiger partial charge in [-0.3, -0.25) is 0 Å². The first-order valence-corrected chi connectivity index (χ1v) is 8.01. The molecule has 3 heteroatoms. The SMILES string of the molecule is CCCC1(CN2CCCSCC2)CCNC1. The Kier molecular flexibility index (Phi) is 4.98. The predicted octanol–water partition coefficient (Wildman–Crippen LogP) is 2.21. The van der Waals surface area contributed by atoms with E-state index in [-0.39, 0.29) is 0 Å². The standard InChI is InChI=1S/C13H26N2S/c1-2-4-13(5-6-14-11-13)12-15-7-3-9-16-10-8-15/h14H,2-12H2,1H3. The fourth-order valence-corrected chi connectivity index (χ4v) is 4.11. The van der Waals surface area contributed by atoms with Crippen LogP contribution in [0.1, 0.15) is 32.6 Å². The van der Waals surface area contributed by atoms with Crippen LogP contribution in [0.4, 0.5) is 0 Å². The van der Waals surface area contributed by atoms with Gasteiger partial charge in [-0.25, -0.2) is 0 Å². The molecule has 0 saturated carbocycles. The fourth-order valence-electron chi connectivity index (χ4n) is 3.18. The number of nitrogens with zero attached hydrogens (tertiary/aromatic N) is 1. The van der Waals surface area contributed by atoms with Gasteiger partial charge in [0.05, 0.1) is 0 Å². The first-order chi connectivity index (χ1) is 7.85. The first kappa shape index (κ1) is 12.7. The lowest BCUT2D eigenvalue weighted by molar-refractivity contribution is 0.161. The Bertz CT molecular complexity index is 194. The minimum atomic E-state index is 0.601. The third-order valence-corrected chi connectivity index (χ3v) is 5.03. The quantitative estimate of drug-likeness (QED) is 0.814. The summed E-state index contributed by atoms with van der Waals surface area (Å²) in [5.41, 5.74) is 0.601. The zero-order valence-electron chi connectivity index (χ0n) is 10.6. The molecule has 0 aromatic heterocycles. The van der Waals surface area contributed by atoms with Crippen LogP contribution in [0.3, 0.4) is 0 Å². The molecule has 0 aromatic carbocycles. The van der Waals surface area contributed by atoms with Gasteiger partial charge in [0.1, 0.15) is 0 Å². The molecule has 2 aliphatic heterocycles. The summed E-state index contributed by atoms with van der Waals surface area (Å²) in [6.07, 6.45) is 5.53. The van der Waals surface area contributed by atoms with E-state index in [9.17, 15) is 0 Å². The Morgan fingerprint density at radius 2 is 2.25 bits per heavy atom. The maximum Gasteiger partial charge on any atom is 0.00726 e. The van der Waals surface area contributed by atoms with Crippen molar-refractivity contribution in [3.8, 4) is 0 Å². The molecule has 1 atom stereocenters. The van der Waals surface area contributed by atoms with Crippen LogP contribution in [0.15, 0.2) is 0 Å². The Balaban J connectivity index is 1.88. The summed E-state index contributed by atoms with van der Waals surface area (Å²) in [6.45, 7) is 8.81. The van der Waals surface area contributed by atoms with Crippen LogP contribution in [0.5, 0.6) is 0 Å². The van der Waals surface area contributed by atoms with E-state index in [2.05, 4.69) is 28.9 Å². The lowest BCUT2D eigenvalue weighted by Crippen LogP contribution is -2.40. The third-order valence-electron chi connectivity index (χ3n) is 3.99. The summed E-state index contributed by atoms with van der Waals surface area (Å²) >= 11 is 2.13. The average Bonchev–Trinajstić information content (AvgIpc) is 2.57. The van der Waals surface area contributed by atoms with E-state index in [1.807, 2.05) is 0 Å². The molecule has 1 N–H and O–H groups in total. The molecule has 16 heavy (non-hydrogen) atoms. The normalized spacial score (nSPS) is 32.8. The predicted molar refractivity (Wildman–Crippen MR) is 73.2 cm³/mol. The molecule has 2 aliphatic rings. The van der Waals surface area contributed by atoms with Crippen LogP contribution in [0.25, 0.3) is 0 Å². The summed E-state index contributed by atoms with van der Waals surface area (Å²) in [5, 5.41) is 3.57. The summed E-state index contributed by atoms with van der Waals surface area (Å²) in [6, 6.07) is 0. The number of hydrogen-bond donors (Lipinski definition) is 1. The molecule has 0 aliphatic carbocycles. The van der Waals surface area contributed by atoms with Gasteiger partial charge in [0.15, 0.2) is 0 Å². The van der Waals surface area contributed by atoms with Gasteiger partial charge in [-0.15, -0.1) is 0 Å². The molecule has 0 bridgehead atoms. The summed E-state index contributed by atoms with van der Waals surface area (Å²) in [5.74, 6) is 2.71. The van der Waals surface area contributed by atoms with E-state index in [0.717, 1.165) is 0 Å². The minimum absolute atomic E-state index is 0.601. The van der Waals surface area contributed by atoms with Gasteiger partial charge in [0.2, 0.25) is 0 Å². The molecule has 2 saturated heterocycles. The Labute approximate surface area is 105 Å². The highest BCUT2D eigenvalue weighted by molar-refractivity contribution is 7.99. The fraction of sp³-hybridized carbons (Fsp3) is 1.00. The summed E-state index contributed by atoms with van der Waals surface area (Å²) in [4.78, 5) is 2.72. The Morgan fingerprint density at radius 1 is 1.31 bits per heavy atom. The van der Waals surface area contributed by atoms with Crippen LogP contribution in [-0.4, -0.2) is 49.1 Å². The largest absolute Gasteiger partial charge is 0.316 e. The first-order valence-electron chi connectivity index (χ1n) is 6.85. The van der Waals surface area contributed by atoms with Crippen molar-refractivity contribution >= 4 is 11.8 Å². The van der Waals surface area contributed by atoms with E-state index < -0.39 is 0 Å². The minimum Gasteiger partial charge on any atom is -0.316 e. The van der Waals surface area contributed by atoms with E-state index in [0.29, 0.717) is 5.41 Å². The number of hydrogen-bond acceptors (Lipinski definition) is 3. The van der Waals surface area contributed by atoms with Crippen molar-refractivity contribution in [3.63, 3.8) is 0 Å². The Morgan fingerprint density at radius 3 is 3.00 bits per heavy atom. The van der Waals surface area contributed by atoms with Crippen LogP contribution in [-0.2, 0) is 0 Å². The maximum absolute atomic E-state index is 3.57. The Hall–Kier alpha value is 0.270. The molecule has 0 radical (unpaired) electrons. The summed E-state index contributed by atoms with van der Waals surface area (Å²) in [7, 11) is 0. The average molecular weight is 242 g/mol. The highest BCUT2D eigenvalue weighted by Crippen LogP contribution is 2.32. The summed E-state index contributed by atoms with van der Waals surface area (Å²) < 4.78 is 0. The van der Waals surface area contributed by atoms with Crippen molar-refractivity contribution in [3.05, 3.63) is 0 Å². The molecule has 2 heterocycles. The lowest BCUT2D eigenvalue weighted by atomic mass is 9.82. The van der Waals surface area contributed by atoms with Gasteiger partial charge in [-0.2, -0.15) is 11.8 Å². The zero-order chi connectivity index (χ0) is 11.3. The second kappa shape index (κ2) is 6.27. The second-order valence-corrected chi connectivity index (χ2v) is 6.64. The molecule has 0 aromatic rings. The van der Waals surface area contributed by atoms with E-state index in [1.54, 1.807) is 0 Å². The molecule has 2 fully saturated rings. The van der Waals surface area contributed by atoms with Crippen molar-refractivity contribution in [1.29, 1.82) is 0 Å².